The first-order valence-corrected chi connectivity index (χ1v) is 35.2. The third-order valence-electron chi connectivity index (χ3n) is 20.5. The largest absolute Gasteiger partial charge is 0.471 e. The molecule has 100 heavy (non-hydrogen) atoms. The Labute approximate surface area is 576 Å². The average Bonchev–Trinajstić information content (AvgIpc) is 1.55. The fraction of sp³-hybridized carbons (Fsp3) is 0.634. The molecule has 2 aromatic heterocycles. The van der Waals surface area contributed by atoms with E-state index in [-0.39, 0.29) is 77.9 Å². The van der Waals surface area contributed by atoms with Gasteiger partial charge in [-0.05, 0) is 159 Å². The van der Waals surface area contributed by atoms with Crippen LogP contribution in [0.25, 0.3) is 22.1 Å². The number of likely N-dealkylation sites (tertiary alicyclic amines) is 1. The van der Waals surface area contributed by atoms with Crippen LogP contribution in [-0.4, -0.2) is 140 Å². The lowest BCUT2D eigenvalue weighted by Gasteiger charge is -2.35. The monoisotopic (exact) mass is 1420 g/mol. The topological polar surface area (TPSA) is 300 Å². The predicted octanol–water partition coefficient (Wildman–Crippen LogP) is 11.7. The van der Waals surface area contributed by atoms with Gasteiger partial charge in [0.25, 0.3) is 5.92 Å². The lowest BCUT2D eigenvalue weighted by molar-refractivity contribution is -0.161. The number of ether oxygens (including phenoxy) is 5. The van der Waals surface area contributed by atoms with Crippen molar-refractivity contribution in [2.24, 2.45) is 52.3 Å². The number of amides is 3. The Morgan fingerprint density at radius 2 is 1.42 bits per heavy atom. The molecule has 0 spiro atoms. The van der Waals surface area contributed by atoms with Gasteiger partial charge in [-0.15, -0.1) is 0 Å². The van der Waals surface area contributed by atoms with Crippen LogP contribution in [0.2, 0.25) is 0 Å². The highest BCUT2D eigenvalue weighted by atomic mass is 32.2. The molecule has 1 N–H and O–H groups in total. The first-order chi connectivity index (χ1) is 46.4. The second-order valence-electron chi connectivity index (χ2n) is 31.3. The molecule has 11 rings (SSSR count). The molecule has 4 aliphatic carbocycles. The van der Waals surface area contributed by atoms with Crippen LogP contribution in [0, 0.1) is 74.9 Å². The van der Waals surface area contributed by atoms with E-state index in [1.54, 1.807) is 69.2 Å². The number of allylic oxidation sites excluding steroid dienone is 1. The van der Waals surface area contributed by atoms with Gasteiger partial charge in [0.15, 0.2) is 17.2 Å². The molecule has 22 nitrogen and oxygen atoms in total. The van der Waals surface area contributed by atoms with Crippen molar-refractivity contribution < 1.29 is 87.2 Å². The number of alkyl halides is 6. The highest BCUT2D eigenvalue weighted by Gasteiger charge is 2.67. The van der Waals surface area contributed by atoms with Crippen LogP contribution in [0.5, 0.6) is 11.8 Å². The molecule has 3 aliphatic heterocycles. The van der Waals surface area contributed by atoms with Gasteiger partial charge < -0.3 is 28.6 Å². The molecule has 4 aromatic rings. The van der Waals surface area contributed by atoms with Crippen LogP contribution >= 0.6 is 0 Å². The fourth-order valence-corrected chi connectivity index (χ4v) is 15.6. The lowest BCUT2D eigenvalue weighted by Crippen LogP contribution is -2.50. The highest BCUT2D eigenvalue weighted by Crippen LogP contribution is 2.60. The first-order valence-electron chi connectivity index (χ1n) is 33.7. The number of fused-ring (bicyclic) bond motifs is 8. The van der Waals surface area contributed by atoms with Gasteiger partial charge in [0.1, 0.15) is 35.6 Å². The summed E-state index contributed by atoms with van der Waals surface area (Å²) in [6.07, 6.45) is -5.09. The second kappa shape index (κ2) is 27.0. The number of esters is 2. The van der Waals surface area contributed by atoms with Crippen LogP contribution in [0.3, 0.4) is 0 Å². The molecule has 7 aliphatic rings. The number of rotatable bonds is 12. The molecule has 2 saturated heterocycles. The number of nitrogens with one attached hydrogen (secondary N) is 1. The molecule has 5 heterocycles. The molecule has 2 aromatic carbocycles. The lowest BCUT2D eigenvalue weighted by atomic mass is 9.77. The van der Waals surface area contributed by atoms with E-state index < -0.39 is 187 Å². The molecule has 13 atom stereocenters. The summed E-state index contributed by atoms with van der Waals surface area (Å²) < 4.78 is 148. The van der Waals surface area contributed by atoms with Crippen LogP contribution < -0.4 is 14.2 Å². The summed E-state index contributed by atoms with van der Waals surface area (Å²) in [5, 5.41) is 18.8. The molecular formula is C71H85F6N9O13S. The van der Waals surface area contributed by atoms with Crippen LogP contribution in [0.4, 0.5) is 31.1 Å². The number of Topliss-reactive ketones (excluding diaryl/α,β-unsaturated/α-hetero) is 1. The van der Waals surface area contributed by atoms with E-state index in [4.69, 9.17) is 23.7 Å². The number of hydrogen-bond acceptors (Lipinski definition) is 19. The maximum Gasteiger partial charge on any atom is 0.411 e. The fourth-order valence-electron chi connectivity index (χ4n) is 14.3. The molecule has 0 unspecified atom stereocenters. The molecule has 4 saturated carbocycles. The zero-order valence-electron chi connectivity index (χ0n) is 58.0. The summed E-state index contributed by atoms with van der Waals surface area (Å²) in [5.41, 5.74) is -5.32. The van der Waals surface area contributed by atoms with Crippen molar-refractivity contribution in [3.8, 4) is 23.9 Å². The maximum absolute atomic E-state index is 16.5. The number of hydrogen-bond donors (Lipinski definition) is 1. The van der Waals surface area contributed by atoms with Crippen molar-refractivity contribution in [2.45, 2.75) is 218 Å². The SMILES string of the molecule is C=CC(F)(F)c1nc2ccc(C#N)cc2nc1O[C@H]1CN(C(=O)OC(C)(C)C)[C@H](C(=O)OC(C)(C)C)[C@@H]1C.C[C@@H]1[C@@H]2CN(C(=O)[C@H](C(C)(C)C)CC(=O)O[C@@H]3C[C@@H]4C[C@@H]4[C@H]3CCCCC(F)(F)c3nc4ccc(C#N)cc4nc3O2)[C@@H]1C(=O)C[C@]1(C(=O)NS(=O)(=O)C2(C)CC2)C[C@H]1C(F)F. The Morgan fingerprint density at radius 3 is 1.99 bits per heavy atom. The Kier molecular flexibility index (Phi) is 20.1. The van der Waals surface area contributed by atoms with E-state index in [1.165, 1.54) is 60.0 Å². The minimum absolute atomic E-state index is 0.0257. The van der Waals surface area contributed by atoms with Gasteiger partial charge in [-0.1, -0.05) is 47.6 Å². The molecule has 3 amide bonds. The Hall–Kier alpha value is -8.21. The van der Waals surface area contributed by atoms with Crippen molar-refractivity contribution in [2.75, 3.05) is 13.1 Å². The molecule has 540 valence electrons. The standard InChI is InChI=1S/C44H53F4N5O8S.C27H32F2N4O5/c1-22-33-21-53(35(22)31(54)19-43(18-28(43)37(45)46)40(57)52-62(58,59)42(5)12-13-42)39(56)27(41(2,3)4)17-34(55)60-32-16-24-15-26(24)25(32)8-6-7-11-44(47,48)36-38(61-33)51-30-14-23(20-49)9-10-29(30)50-36;1-9-27(28,29)21-22(32-18-12-16(13-30)10-11-17(18)31-21)36-19-14-33(24(35)38-26(6,7)8)20(15(19)2)23(34)37-25(3,4)5/h9-10,14,22,24-28,32-33,35,37H,6-8,11-13,15-19,21H2,1-5H3,(H,52,57);9-12,15,19-20H,1,14H2,2-8H3/t22-,24+,25-,26+,27-,28+,32-,33+,35+,43-;15-,19+,20+/m11/s1. The normalized spacial score (nSPS) is 28.8. The number of carbonyl (C=O) groups excluding carboxylic acids is 6. The van der Waals surface area contributed by atoms with Crippen molar-refractivity contribution in [3.63, 3.8) is 0 Å². The van der Waals surface area contributed by atoms with E-state index in [0.717, 1.165) is 6.42 Å². The van der Waals surface area contributed by atoms with E-state index in [1.807, 2.05) is 16.9 Å². The van der Waals surface area contributed by atoms with Gasteiger partial charge in [0, 0.05) is 30.6 Å². The number of sulfonamides is 1. The second-order valence-corrected chi connectivity index (χ2v) is 33.5. The van der Waals surface area contributed by atoms with Crippen molar-refractivity contribution in [3.05, 3.63) is 71.6 Å². The minimum Gasteiger partial charge on any atom is -0.471 e. The number of benzene rings is 2. The predicted molar refractivity (Wildman–Crippen MR) is 348 cm³/mol. The summed E-state index contributed by atoms with van der Waals surface area (Å²) >= 11 is 0. The van der Waals surface area contributed by atoms with Crippen LogP contribution in [0.1, 0.15) is 176 Å². The van der Waals surface area contributed by atoms with Crippen LogP contribution in [0.15, 0.2) is 49.1 Å². The van der Waals surface area contributed by atoms with E-state index in [9.17, 15) is 65.3 Å². The number of nitriles is 2. The van der Waals surface area contributed by atoms with Crippen molar-refractivity contribution in [1.29, 1.82) is 10.5 Å². The minimum atomic E-state index is -4.28. The Bertz CT molecular complexity index is 4140. The molecular weight excluding hydrogens is 1330 g/mol. The van der Waals surface area contributed by atoms with Crippen LogP contribution in [-0.2, 0) is 60.1 Å². The summed E-state index contributed by atoms with van der Waals surface area (Å²) in [6, 6.07) is 9.83. The molecule has 0 radical (unpaired) electrons. The molecule has 6 fully saturated rings. The maximum atomic E-state index is 16.5. The van der Waals surface area contributed by atoms with Gasteiger partial charge in [-0.25, -0.2) is 46.7 Å². The number of halogens is 6. The average molecular weight is 1420 g/mol. The summed E-state index contributed by atoms with van der Waals surface area (Å²) in [4.78, 5) is 103. The van der Waals surface area contributed by atoms with Crippen molar-refractivity contribution in [1.82, 2.24) is 34.5 Å². The van der Waals surface area contributed by atoms with Gasteiger partial charge in [-0.3, -0.25) is 28.8 Å². The third-order valence-corrected chi connectivity index (χ3v) is 22.6. The van der Waals surface area contributed by atoms with Gasteiger partial charge in [0.05, 0.1) is 87.0 Å². The Balaban J connectivity index is 0.000000244. The number of aromatic nitrogens is 4. The van der Waals surface area contributed by atoms with E-state index >= 15 is 8.78 Å². The first kappa shape index (κ1) is 74.5. The number of nitrogens with zero attached hydrogens (tertiary/aromatic N) is 8. The smallest absolute Gasteiger partial charge is 0.411 e. The zero-order chi connectivity index (χ0) is 73.5. The van der Waals surface area contributed by atoms with Gasteiger partial charge in [-0.2, -0.15) is 28.1 Å². The summed E-state index contributed by atoms with van der Waals surface area (Å²) in [7, 11) is -4.28. The van der Waals surface area contributed by atoms with E-state index in [2.05, 4.69) is 26.5 Å². The van der Waals surface area contributed by atoms with Crippen molar-refractivity contribution >= 4 is 67.7 Å². The number of ketones is 1. The van der Waals surface area contributed by atoms with Gasteiger partial charge >= 0.3 is 24.0 Å². The highest BCUT2D eigenvalue weighted by molar-refractivity contribution is 7.91. The quantitative estimate of drug-likeness (QED) is 0.0596. The van der Waals surface area contributed by atoms with E-state index in [0.29, 0.717) is 37.2 Å². The zero-order valence-corrected chi connectivity index (χ0v) is 58.8. The Morgan fingerprint density at radius 1 is 0.800 bits per heavy atom. The van der Waals surface area contributed by atoms with Gasteiger partial charge in [0.2, 0.25) is 40.0 Å². The molecule has 29 heteroatoms. The third kappa shape index (κ3) is 15.5. The molecule has 2 bridgehead atoms. The summed E-state index contributed by atoms with van der Waals surface area (Å²) in [6.45, 7) is 22.6. The summed E-state index contributed by atoms with van der Waals surface area (Å²) in [5.74, 6) is -16.1. The number of carbonyl (C=O) groups is 6.